The van der Waals surface area contributed by atoms with Crippen molar-refractivity contribution in [3.05, 3.63) is 70.4 Å². The number of fused-ring (bicyclic) bond motifs is 1. The number of pyridine rings is 1. The van der Waals surface area contributed by atoms with E-state index in [0.717, 1.165) is 22.2 Å². The summed E-state index contributed by atoms with van der Waals surface area (Å²) in [5.74, 6) is -0.683. The zero-order chi connectivity index (χ0) is 22.7. The van der Waals surface area contributed by atoms with Gasteiger partial charge in [-0.05, 0) is 43.2 Å². The molecule has 0 saturated carbocycles. The number of rotatable bonds is 5. The minimum absolute atomic E-state index is 0.187. The molecule has 1 aliphatic rings. The summed E-state index contributed by atoms with van der Waals surface area (Å²) < 4.78 is 5.44. The van der Waals surface area contributed by atoms with Crippen LogP contribution in [0.4, 0.5) is 5.69 Å². The summed E-state index contributed by atoms with van der Waals surface area (Å²) in [4.78, 5) is 34.1. The summed E-state index contributed by atoms with van der Waals surface area (Å²) in [5, 5.41) is 1.61. The number of carbonyl (C=O) groups excluding carboxylic acids is 2. The van der Waals surface area contributed by atoms with Gasteiger partial charge in [-0.15, -0.1) is 0 Å². The van der Waals surface area contributed by atoms with Gasteiger partial charge in [0.1, 0.15) is 0 Å². The molecule has 0 N–H and O–H groups in total. The highest BCUT2D eigenvalue weighted by atomic mass is 35.5. The molecule has 0 spiro atoms. The van der Waals surface area contributed by atoms with Crippen molar-refractivity contribution in [3.8, 4) is 0 Å². The number of halogens is 1. The smallest absolute Gasteiger partial charge is 0.340 e. The third-order valence-corrected chi connectivity index (χ3v) is 6.13. The Balaban J connectivity index is 1.38. The monoisotopic (exact) mass is 451 g/mol. The molecule has 0 unspecified atom stereocenters. The molecule has 0 aliphatic carbocycles. The molecule has 1 aliphatic heterocycles. The number of esters is 1. The molecule has 1 saturated heterocycles. The summed E-state index contributed by atoms with van der Waals surface area (Å²) >= 11 is 6.09. The Hall–Kier alpha value is -3.12. The largest absolute Gasteiger partial charge is 0.452 e. The Morgan fingerprint density at radius 3 is 2.53 bits per heavy atom. The second-order valence-electron chi connectivity index (χ2n) is 7.85. The topological polar surface area (TPSA) is 62.7 Å². The van der Waals surface area contributed by atoms with Crippen LogP contribution < -0.4 is 4.90 Å². The van der Waals surface area contributed by atoms with Crippen molar-refractivity contribution in [2.24, 2.45) is 0 Å². The Morgan fingerprint density at radius 1 is 1.06 bits per heavy atom. The van der Waals surface area contributed by atoms with Crippen LogP contribution in [-0.2, 0) is 16.0 Å². The normalized spacial score (nSPS) is 14.0. The Morgan fingerprint density at radius 2 is 1.81 bits per heavy atom. The Labute approximate surface area is 192 Å². The van der Waals surface area contributed by atoms with Gasteiger partial charge in [0.2, 0.25) is 0 Å². The molecule has 7 heteroatoms. The number of aryl methyl sites for hydroxylation is 2. The minimum atomic E-state index is -0.497. The quantitative estimate of drug-likeness (QED) is 0.542. The van der Waals surface area contributed by atoms with Gasteiger partial charge in [-0.25, -0.2) is 4.79 Å². The lowest BCUT2D eigenvalue weighted by molar-refractivity contribution is -0.134. The van der Waals surface area contributed by atoms with Gasteiger partial charge in [-0.1, -0.05) is 42.8 Å². The number of para-hydroxylation sites is 1. The fraction of sp³-hybridized carbons (Fsp3) is 0.320. The highest BCUT2D eigenvalue weighted by molar-refractivity contribution is 6.30. The molecule has 2 aromatic carbocycles. The molecule has 6 nitrogen and oxygen atoms in total. The van der Waals surface area contributed by atoms with E-state index in [1.54, 1.807) is 4.90 Å². The molecule has 166 valence electrons. The van der Waals surface area contributed by atoms with Gasteiger partial charge in [0.25, 0.3) is 5.91 Å². The lowest BCUT2D eigenvalue weighted by Gasteiger charge is -2.36. The van der Waals surface area contributed by atoms with Crippen LogP contribution in [-0.4, -0.2) is 54.5 Å². The first-order valence-corrected chi connectivity index (χ1v) is 11.2. The molecular weight excluding hydrogens is 426 g/mol. The molecule has 3 aromatic rings. The number of ether oxygens (including phenoxy) is 1. The van der Waals surface area contributed by atoms with Crippen LogP contribution in [0, 0.1) is 6.92 Å². The van der Waals surface area contributed by atoms with Crippen molar-refractivity contribution in [1.82, 2.24) is 9.88 Å². The zero-order valence-corrected chi connectivity index (χ0v) is 19.1. The van der Waals surface area contributed by atoms with Crippen molar-refractivity contribution in [1.29, 1.82) is 0 Å². The van der Waals surface area contributed by atoms with E-state index in [9.17, 15) is 9.59 Å². The number of carbonyl (C=O) groups is 2. The van der Waals surface area contributed by atoms with E-state index in [1.807, 2.05) is 62.4 Å². The van der Waals surface area contributed by atoms with Gasteiger partial charge < -0.3 is 14.5 Å². The van der Waals surface area contributed by atoms with Crippen LogP contribution in [0.5, 0.6) is 0 Å². The highest BCUT2D eigenvalue weighted by Crippen LogP contribution is 2.24. The molecule has 0 radical (unpaired) electrons. The first-order chi connectivity index (χ1) is 15.5. The number of benzene rings is 2. The van der Waals surface area contributed by atoms with Gasteiger partial charge in [-0.2, -0.15) is 0 Å². The maximum atomic E-state index is 12.9. The first kappa shape index (κ1) is 22.1. The standard InChI is InChI=1S/C25H26ClN3O3/c1-3-21-24(17(2)20-9-4-5-10-22(20)27-21)25(31)32-16-23(30)29-13-11-28(12-14-29)19-8-6-7-18(26)15-19/h4-10,15H,3,11-14,16H2,1-2H3. The summed E-state index contributed by atoms with van der Waals surface area (Å²) in [6, 6.07) is 15.4. The van der Waals surface area contributed by atoms with Crippen molar-refractivity contribution in [2.75, 3.05) is 37.7 Å². The van der Waals surface area contributed by atoms with Crippen LogP contribution in [0.3, 0.4) is 0 Å². The summed E-state index contributed by atoms with van der Waals surface area (Å²) in [6.07, 6.45) is 0.607. The summed E-state index contributed by atoms with van der Waals surface area (Å²) in [5.41, 5.74) is 3.88. The van der Waals surface area contributed by atoms with E-state index in [1.165, 1.54) is 0 Å². The maximum absolute atomic E-state index is 12.9. The van der Waals surface area contributed by atoms with Crippen molar-refractivity contribution in [2.45, 2.75) is 20.3 Å². The Kier molecular flexibility index (Phi) is 6.61. The second kappa shape index (κ2) is 9.57. The van der Waals surface area contributed by atoms with E-state index in [0.29, 0.717) is 48.9 Å². The summed E-state index contributed by atoms with van der Waals surface area (Å²) in [6.45, 7) is 6.13. The average Bonchev–Trinajstić information content (AvgIpc) is 2.82. The molecule has 4 rings (SSSR count). The van der Waals surface area contributed by atoms with E-state index >= 15 is 0 Å². The van der Waals surface area contributed by atoms with Crippen LogP contribution in [0.25, 0.3) is 10.9 Å². The van der Waals surface area contributed by atoms with Gasteiger partial charge in [0, 0.05) is 42.3 Å². The number of hydrogen-bond acceptors (Lipinski definition) is 5. The average molecular weight is 452 g/mol. The van der Waals surface area contributed by atoms with Crippen molar-refractivity contribution in [3.63, 3.8) is 0 Å². The molecule has 32 heavy (non-hydrogen) atoms. The highest BCUT2D eigenvalue weighted by Gasteiger charge is 2.24. The maximum Gasteiger partial charge on any atom is 0.340 e. The second-order valence-corrected chi connectivity index (χ2v) is 8.29. The lowest BCUT2D eigenvalue weighted by Crippen LogP contribution is -2.49. The van der Waals surface area contributed by atoms with Crippen molar-refractivity contribution < 1.29 is 14.3 Å². The number of nitrogens with zero attached hydrogens (tertiary/aromatic N) is 3. The number of amides is 1. The molecular formula is C25H26ClN3O3. The number of anilines is 1. The van der Waals surface area contributed by atoms with Gasteiger partial charge in [-0.3, -0.25) is 9.78 Å². The van der Waals surface area contributed by atoms with Crippen LogP contribution in [0.15, 0.2) is 48.5 Å². The van der Waals surface area contributed by atoms with Crippen molar-refractivity contribution >= 4 is 40.1 Å². The van der Waals surface area contributed by atoms with Crippen LogP contribution >= 0.6 is 11.6 Å². The molecule has 1 fully saturated rings. The van der Waals surface area contributed by atoms with Crippen LogP contribution in [0.1, 0.15) is 28.5 Å². The molecule has 0 atom stereocenters. The molecule has 2 heterocycles. The SMILES string of the molecule is CCc1nc2ccccc2c(C)c1C(=O)OCC(=O)N1CCN(c2cccc(Cl)c2)CC1. The number of hydrogen-bond donors (Lipinski definition) is 0. The Bertz CT molecular complexity index is 1160. The van der Waals surface area contributed by atoms with E-state index in [2.05, 4.69) is 9.88 Å². The predicted octanol–water partition coefficient (Wildman–Crippen LogP) is 4.26. The fourth-order valence-corrected chi connectivity index (χ4v) is 4.33. The van der Waals surface area contributed by atoms with Gasteiger partial charge in [0.05, 0.1) is 16.8 Å². The fourth-order valence-electron chi connectivity index (χ4n) is 4.14. The van der Waals surface area contributed by atoms with Gasteiger partial charge >= 0.3 is 5.97 Å². The zero-order valence-electron chi connectivity index (χ0n) is 18.3. The number of aromatic nitrogens is 1. The number of piperazine rings is 1. The third-order valence-electron chi connectivity index (χ3n) is 5.90. The summed E-state index contributed by atoms with van der Waals surface area (Å²) in [7, 11) is 0. The van der Waals surface area contributed by atoms with E-state index in [4.69, 9.17) is 16.3 Å². The first-order valence-electron chi connectivity index (χ1n) is 10.8. The third kappa shape index (κ3) is 4.55. The van der Waals surface area contributed by atoms with Crippen LogP contribution in [0.2, 0.25) is 5.02 Å². The minimum Gasteiger partial charge on any atom is -0.452 e. The lowest BCUT2D eigenvalue weighted by atomic mass is 10.0. The molecule has 1 aromatic heterocycles. The van der Waals surface area contributed by atoms with Gasteiger partial charge in [0.15, 0.2) is 6.61 Å². The van der Waals surface area contributed by atoms with E-state index in [-0.39, 0.29) is 12.5 Å². The predicted molar refractivity (Wildman–Crippen MR) is 126 cm³/mol. The van der Waals surface area contributed by atoms with E-state index < -0.39 is 5.97 Å². The molecule has 1 amide bonds. The molecule has 0 bridgehead atoms.